The van der Waals surface area contributed by atoms with E-state index in [1.807, 2.05) is 0 Å². The normalized spacial score (nSPS) is 31.2. The second kappa shape index (κ2) is 3.52. The number of ether oxygens (including phenoxy) is 1. The van der Waals surface area contributed by atoms with Crippen LogP contribution in [-0.2, 0) is 9.53 Å². The lowest BCUT2D eigenvalue weighted by Crippen LogP contribution is -2.21. The van der Waals surface area contributed by atoms with Crippen molar-refractivity contribution in [3.05, 3.63) is 12.2 Å². The quantitative estimate of drug-likeness (QED) is 0.493. The Hall–Kier alpha value is -0.790. The average molecular weight is 182 g/mol. The van der Waals surface area contributed by atoms with Gasteiger partial charge in [-0.1, -0.05) is 26.8 Å². The standard InChI is InChI=1S/C11H18O2/c1-5-6-11(7-9(11)4)13-10(12)8(2)3/h9H,2,5-7H2,1,3-4H3. The van der Waals surface area contributed by atoms with Crippen molar-refractivity contribution in [3.63, 3.8) is 0 Å². The molecule has 1 fully saturated rings. The molecule has 0 spiro atoms. The first-order valence-corrected chi connectivity index (χ1v) is 4.90. The monoisotopic (exact) mass is 182 g/mol. The number of carbonyl (C=O) groups is 1. The summed E-state index contributed by atoms with van der Waals surface area (Å²) in [6.45, 7) is 9.51. The molecule has 2 nitrogen and oxygen atoms in total. The van der Waals surface area contributed by atoms with Gasteiger partial charge in [0, 0.05) is 5.57 Å². The van der Waals surface area contributed by atoms with Crippen molar-refractivity contribution >= 4 is 5.97 Å². The fraction of sp³-hybridized carbons (Fsp3) is 0.727. The van der Waals surface area contributed by atoms with Crippen molar-refractivity contribution in [2.75, 3.05) is 0 Å². The van der Waals surface area contributed by atoms with Crippen LogP contribution in [0.3, 0.4) is 0 Å². The van der Waals surface area contributed by atoms with Gasteiger partial charge in [-0.05, 0) is 25.7 Å². The number of esters is 1. The van der Waals surface area contributed by atoms with E-state index >= 15 is 0 Å². The van der Waals surface area contributed by atoms with Gasteiger partial charge < -0.3 is 4.74 Å². The SMILES string of the molecule is C=C(C)C(=O)OC1(CCC)CC1C. The molecule has 1 rings (SSSR count). The second-order valence-corrected chi connectivity index (χ2v) is 4.09. The first kappa shape index (κ1) is 10.3. The van der Waals surface area contributed by atoms with Crippen LogP contribution in [0, 0.1) is 5.92 Å². The van der Waals surface area contributed by atoms with Crippen LogP contribution in [0.5, 0.6) is 0 Å². The summed E-state index contributed by atoms with van der Waals surface area (Å²) in [7, 11) is 0. The van der Waals surface area contributed by atoms with Crippen LogP contribution in [0.25, 0.3) is 0 Å². The molecule has 0 radical (unpaired) electrons. The molecule has 0 N–H and O–H groups in total. The van der Waals surface area contributed by atoms with Crippen LogP contribution in [-0.4, -0.2) is 11.6 Å². The van der Waals surface area contributed by atoms with E-state index < -0.39 is 0 Å². The van der Waals surface area contributed by atoms with Crippen LogP contribution < -0.4 is 0 Å². The number of hydrogen-bond acceptors (Lipinski definition) is 2. The number of carbonyl (C=O) groups excluding carboxylic acids is 1. The van der Waals surface area contributed by atoms with E-state index in [0.29, 0.717) is 11.5 Å². The smallest absolute Gasteiger partial charge is 0.333 e. The minimum atomic E-state index is -0.238. The van der Waals surface area contributed by atoms with E-state index in [-0.39, 0.29) is 11.6 Å². The van der Waals surface area contributed by atoms with Crippen molar-refractivity contribution in [1.29, 1.82) is 0 Å². The molecule has 1 saturated carbocycles. The van der Waals surface area contributed by atoms with Gasteiger partial charge in [0.1, 0.15) is 5.60 Å². The maximum Gasteiger partial charge on any atom is 0.333 e. The first-order chi connectivity index (χ1) is 6.02. The summed E-state index contributed by atoms with van der Waals surface area (Å²) >= 11 is 0. The van der Waals surface area contributed by atoms with Gasteiger partial charge >= 0.3 is 5.97 Å². The molecule has 74 valence electrons. The van der Waals surface area contributed by atoms with Crippen molar-refractivity contribution in [2.24, 2.45) is 5.92 Å². The topological polar surface area (TPSA) is 26.3 Å². The molecule has 2 atom stereocenters. The number of hydrogen-bond donors (Lipinski definition) is 0. The van der Waals surface area contributed by atoms with E-state index in [4.69, 9.17) is 4.74 Å². The summed E-state index contributed by atoms with van der Waals surface area (Å²) in [5, 5.41) is 0. The van der Waals surface area contributed by atoms with Crippen LogP contribution >= 0.6 is 0 Å². The zero-order chi connectivity index (χ0) is 10.1. The van der Waals surface area contributed by atoms with Gasteiger partial charge in [-0.3, -0.25) is 0 Å². The molecule has 0 bridgehead atoms. The molecule has 2 unspecified atom stereocenters. The van der Waals surface area contributed by atoms with Gasteiger partial charge in [0.05, 0.1) is 0 Å². The lowest BCUT2D eigenvalue weighted by molar-refractivity contribution is -0.147. The third-order valence-electron chi connectivity index (χ3n) is 2.71. The Kier molecular flexibility index (Phi) is 2.79. The van der Waals surface area contributed by atoms with Gasteiger partial charge in [-0.2, -0.15) is 0 Å². The molecular formula is C11H18O2. The highest BCUT2D eigenvalue weighted by atomic mass is 16.6. The molecule has 0 aromatic heterocycles. The van der Waals surface area contributed by atoms with Crippen LogP contribution in [0.4, 0.5) is 0 Å². The van der Waals surface area contributed by atoms with Crippen LogP contribution in [0.1, 0.15) is 40.0 Å². The highest BCUT2D eigenvalue weighted by Gasteiger charge is 2.53. The summed E-state index contributed by atoms with van der Waals surface area (Å²) in [6, 6.07) is 0. The lowest BCUT2D eigenvalue weighted by Gasteiger charge is -2.16. The molecule has 1 aliphatic carbocycles. The summed E-state index contributed by atoms with van der Waals surface area (Å²) in [5.74, 6) is 0.286. The van der Waals surface area contributed by atoms with E-state index in [1.54, 1.807) is 6.92 Å². The minimum absolute atomic E-state index is 0.148. The van der Waals surface area contributed by atoms with Gasteiger partial charge in [0.25, 0.3) is 0 Å². The van der Waals surface area contributed by atoms with Gasteiger partial charge in [0.2, 0.25) is 0 Å². The van der Waals surface area contributed by atoms with Gasteiger partial charge in [-0.15, -0.1) is 0 Å². The summed E-state index contributed by atoms with van der Waals surface area (Å²) in [6.07, 6.45) is 3.06. The maximum atomic E-state index is 11.3. The van der Waals surface area contributed by atoms with Crippen LogP contribution in [0.2, 0.25) is 0 Å². The highest BCUT2D eigenvalue weighted by molar-refractivity contribution is 5.87. The molecule has 0 aromatic carbocycles. The Morgan fingerprint density at radius 1 is 1.69 bits per heavy atom. The largest absolute Gasteiger partial charge is 0.455 e. The zero-order valence-corrected chi connectivity index (χ0v) is 8.72. The van der Waals surface area contributed by atoms with Crippen LogP contribution in [0.15, 0.2) is 12.2 Å². The van der Waals surface area contributed by atoms with E-state index in [9.17, 15) is 4.79 Å². The Morgan fingerprint density at radius 3 is 2.54 bits per heavy atom. The van der Waals surface area contributed by atoms with Crippen molar-refractivity contribution < 1.29 is 9.53 Å². The predicted octanol–water partition coefficient (Wildman–Crippen LogP) is 2.68. The average Bonchev–Trinajstić information content (AvgIpc) is 2.61. The molecule has 2 heteroatoms. The van der Waals surface area contributed by atoms with Crippen molar-refractivity contribution in [1.82, 2.24) is 0 Å². The molecule has 13 heavy (non-hydrogen) atoms. The van der Waals surface area contributed by atoms with E-state index in [0.717, 1.165) is 19.3 Å². The maximum absolute atomic E-state index is 11.3. The molecular weight excluding hydrogens is 164 g/mol. The fourth-order valence-electron chi connectivity index (χ4n) is 1.70. The highest BCUT2D eigenvalue weighted by Crippen LogP contribution is 2.50. The minimum Gasteiger partial charge on any atom is -0.455 e. The van der Waals surface area contributed by atoms with E-state index in [1.165, 1.54) is 0 Å². The summed E-state index contributed by atoms with van der Waals surface area (Å²) < 4.78 is 5.42. The predicted molar refractivity (Wildman–Crippen MR) is 52.3 cm³/mol. The Bertz CT molecular complexity index is 232. The molecule has 0 aromatic rings. The summed E-state index contributed by atoms with van der Waals surface area (Å²) in [5.41, 5.74) is 0.347. The number of rotatable bonds is 4. The molecule has 0 aliphatic heterocycles. The Morgan fingerprint density at radius 2 is 2.23 bits per heavy atom. The molecule has 0 heterocycles. The molecule has 0 amide bonds. The Labute approximate surface area is 80.0 Å². The second-order valence-electron chi connectivity index (χ2n) is 4.09. The van der Waals surface area contributed by atoms with Gasteiger partial charge in [0.15, 0.2) is 0 Å². The fourth-order valence-corrected chi connectivity index (χ4v) is 1.70. The summed E-state index contributed by atoms with van der Waals surface area (Å²) in [4.78, 5) is 11.3. The zero-order valence-electron chi connectivity index (χ0n) is 8.72. The van der Waals surface area contributed by atoms with Crippen molar-refractivity contribution in [3.8, 4) is 0 Å². The third kappa shape index (κ3) is 2.11. The van der Waals surface area contributed by atoms with E-state index in [2.05, 4.69) is 20.4 Å². The molecule has 1 aliphatic rings. The van der Waals surface area contributed by atoms with Crippen molar-refractivity contribution in [2.45, 2.75) is 45.6 Å². The van der Waals surface area contributed by atoms with Gasteiger partial charge in [-0.25, -0.2) is 4.79 Å². The Balaban J connectivity index is 2.51. The first-order valence-electron chi connectivity index (χ1n) is 4.90. The third-order valence-corrected chi connectivity index (χ3v) is 2.71. The molecule has 0 saturated heterocycles. The lowest BCUT2D eigenvalue weighted by atomic mass is 10.1.